The van der Waals surface area contributed by atoms with Gasteiger partial charge in [-0.1, -0.05) is 12.8 Å². The van der Waals surface area contributed by atoms with Crippen molar-refractivity contribution in [3.8, 4) is 0 Å². The number of alkyl halides is 3. The van der Waals surface area contributed by atoms with Crippen LogP contribution in [0, 0.1) is 11.8 Å². The Morgan fingerprint density at radius 1 is 1.23 bits per heavy atom. The van der Waals surface area contributed by atoms with Crippen LogP contribution in [0.3, 0.4) is 0 Å². The van der Waals surface area contributed by atoms with Crippen molar-refractivity contribution in [2.45, 2.75) is 31.9 Å². The molecule has 0 aromatic heterocycles. The third-order valence-electron chi connectivity index (χ3n) is 2.71. The summed E-state index contributed by atoms with van der Waals surface area (Å²) in [6.45, 7) is 0.268. The van der Waals surface area contributed by atoms with E-state index in [0.29, 0.717) is 12.8 Å². The van der Waals surface area contributed by atoms with Gasteiger partial charge in [-0.05, 0) is 18.8 Å². The highest BCUT2D eigenvalue weighted by molar-refractivity contribution is 4.81. The number of nitrogens with one attached hydrogen (secondary N) is 1. The van der Waals surface area contributed by atoms with Crippen molar-refractivity contribution in [1.82, 2.24) is 5.43 Å². The number of hydrazine groups is 1. The summed E-state index contributed by atoms with van der Waals surface area (Å²) in [6.07, 6.45) is -1.59. The second kappa shape index (κ2) is 4.28. The second-order valence-electron chi connectivity index (χ2n) is 3.60. The summed E-state index contributed by atoms with van der Waals surface area (Å²) in [7, 11) is 0. The third kappa shape index (κ3) is 2.84. The van der Waals surface area contributed by atoms with Gasteiger partial charge in [0, 0.05) is 6.54 Å². The number of nitrogens with two attached hydrogens (primary N) is 1. The molecule has 3 N–H and O–H groups in total. The Balaban J connectivity index is 2.56. The molecule has 78 valence electrons. The van der Waals surface area contributed by atoms with E-state index in [4.69, 9.17) is 5.84 Å². The molecular weight excluding hydrogens is 181 g/mol. The van der Waals surface area contributed by atoms with Crippen LogP contribution in [0.15, 0.2) is 0 Å². The van der Waals surface area contributed by atoms with Crippen LogP contribution in [0.25, 0.3) is 0 Å². The lowest BCUT2D eigenvalue weighted by atomic mass is 9.79. The molecule has 1 aliphatic carbocycles. The molecule has 1 saturated carbocycles. The van der Waals surface area contributed by atoms with E-state index in [2.05, 4.69) is 5.43 Å². The molecule has 2 unspecified atom stereocenters. The van der Waals surface area contributed by atoms with Crippen LogP contribution < -0.4 is 11.3 Å². The van der Waals surface area contributed by atoms with E-state index in [1.807, 2.05) is 0 Å². The highest BCUT2D eigenvalue weighted by Crippen LogP contribution is 2.40. The van der Waals surface area contributed by atoms with Gasteiger partial charge < -0.3 is 0 Å². The first-order chi connectivity index (χ1) is 6.05. The Hall–Kier alpha value is -0.290. The molecule has 0 radical (unpaired) electrons. The molecule has 0 saturated heterocycles. The smallest absolute Gasteiger partial charge is 0.271 e. The molecule has 13 heavy (non-hydrogen) atoms. The number of rotatable bonds is 2. The molecule has 5 heteroatoms. The minimum absolute atomic E-state index is 0.260. The van der Waals surface area contributed by atoms with E-state index < -0.39 is 12.1 Å². The molecule has 0 amide bonds. The predicted octanol–water partition coefficient (Wildman–Crippen LogP) is 1.82. The Bertz CT molecular complexity index is 156. The summed E-state index contributed by atoms with van der Waals surface area (Å²) in [5, 5.41) is 0. The summed E-state index contributed by atoms with van der Waals surface area (Å²) in [6, 6.07) is 0. The fourth-order valence-electron chi connectivity index (χ4n) is 2.03. The van der Waals surface area contributed by atoms with E-state index in [-0.39, 0.29) is 18.9 Å². The van der Waals surface area contributed by atoms with Gasteiger partial charge in [0.05, 0.1) is 5.92 Å². The van der Waals surface area contributed by atoms with Crippen LogP contribution in [0.5, 0.6) is 0 Å². The van der Waals surface area contributed by atoms with Gasteiger partial charge in [0.15, 0.2) is 0 Å². The van der Waals surface area contributed by atoms with Crippen molar-refractivity contribution >= 4 is 0 Å². The van der Waals surface area contributed by atoms with Gasteiger partial charge in [0.1, 0.15) is 0 Å². The minimum Gasteiger partial charge on any atom is -0.271 e. The molecule has 0 spiro atoms. The first-order valence-corrected chi connectivity index (χ1v) is 4.56. The predicted molar refractivity (Wildman–Crippen MR) is 43.7 cm³/mol. The molecule has 0 aromatic carbocycles. The Morgan fingerprint density at radius 3 is 2.38 bits per heavy atom. The van der Waals surface area contributed by atoms with Gasteiger partial charge in [-0.3, -0.25) is 11.3 Å². The van der Waals surface area contributed by atoms with Gasteiger partial charge in [-0.15, -0.1) is 0 Å². The molecule has 2 atom stereocenters. The van der Waals surface area contributed by atoms with E-state index in [1.54, 1.807) is 0 Å². The minimum atomic E-state index is -4.05. The van der Waals surface area contributed by atoms with E-state index in [0.717, 1.165) is 6.42 Å². The first kappa shape index (κ1) is 10.8. The molecule has 0 aliphatic heterocycles. The highest BCUT2D eigenvalue weighted by Gasteiger charge is 2.44. The van der Waals surface area contributed by atoms with Crippen molar-refractivity contribution in [1.29, 1.82) is 0 Å². The van der Waals surface area contributed by atoms with E-state index >= 15 is 0 Å². The van der Waals surface area contributed by atoms with Gasteiger partial charge in [0.25, 0.3) is 0 Å². The second-order valence-corrected chi connectivity index (χ2v) is 3.60. The lowest BCUT2D eigenvalue weighted by Gasteiger charge is -2.32. The Kier molecular flexibility index (Phi) is 3.55. The van der Waals surface area contributed by atoms with E-state index in [1.165, 1.54) is 0 Å². The normalized spacial score (nSPS) is 30.5. The Labute approximate surface area is 75.6 Å². The van der Waals surface area contributed by atoms with Crippen molar-refractivity contribution in [2.75, 3.05) is 6.54 Å². The third-order valence-corrected chi connectivity index (χ3v) is 2.71. The molecule has 2 nitrogen and oxygen atoms in total. The van der Waals surface area contributed by atoms with Gasteiger partial charge in [-0.25, -0.2) is 0 Å². The average molecular weight is 196 g/mol. The topological polar surface area (TPSA) is 38.0 Å². The summed E-state index contributed by atoms with van der Waals surface area (Å²) >= 11 is 0. The zero-order valence-corrected chi connectivity index (χ0v) is 7.40. The van der Waals surface area contributed by atoms with Crippen LogP contribution in [0.4, 0.5) is 13.2 Å². The monoisotopic (exact) mass is 196 g/mol. The van der Waals surface area contributed by atoms with Crippen molar-refractivity contribution in [3.05, 3.63) is 0 Å². The van der Waals surface area contributed by atoms with Gasteiger partial charge in [0.2, 0.25) is 0 Å². The maximum absolute atomic E-state index is 12.4. The lowest BCUT2D eigenvalue weighted by Crippen LogP contribution is -2.40. The molecule has 0 bridgehead atoms. The standard InChI is InChI=1S/C8H15F3N2/c9-8(10,11)7-4-2-1-3-6(7)5-13-12/h6-7,13H,1-5,12H2. The van der Waals surface area contributed by atoms with Gasteiger partial charge in [-0.2, -0.15) is 13.2 Å². The molecule has 1 aliphatic rings. The maximum Gasteiger partial charge on any atom is 0.392 e. The average Bonchev–Trinajstić information content (AvgIpc) is 2.04. The van der Waals surface area contributed by atoms with Crippen LogP contribution in [-0.2, 0) is 0 Å². The van der Waals surface area contributed by atoms with Crippen LogP contribution >= 0.6 is 0 Å². The van der Waals surface area contributed by atoms with Crippen molar-refractivity contribution < 1.29 is 13.2 Å². The fraction of sp³-hybridized carbons (Fsp3) is 1.00. The maximum atomic E-state index is 12.4. The number of hydrogen-bond donors (Lipinski definition) is 2. The summed E-state index contributed by atoms with van der Waals surface area (Å²) in [5.74, 6) is 3.56. The SMILES string of the molecule is NNCC1CCCCC1C(F)(F)F. The molecule has 1 rings (SSSR count). The van der Waals surface area contributed by atoms with E-state index in [9.17, 15) is 13.2 Å². The summed E-state index contributed by atoms with van der Waals surface area (Å²) < 4.78 is 37.3. The molecule has 0 heterocycles. The van der Waals surface area contributed by atoms with Crippen molar-refractivity contribution in [2.24, 2.45) is 17.7 Å². The highest BCUT2D eigenvalue weighted by atomic mass is 19.4. The largest absolute Gasteiger partial charge is 0.392 e. The Morgan fingerprint density at radius 2 is 1.85 bits per heavy atom. The lowest BCUT2D eigenvalue weighted by molar-refractivity contribution is -0.195. The molecule has 0 aromatic rings. The van der Waals surface area contributed by atoms with Crippen LogP contribution in [-0.4, -0.2) is 12.7 Å². The number of halogens is 3. The zero-order valence-electron chi connectivity index (χ0n) is 7.40. The quantitative estimate of drug-likeness (QED) is 0.522. The fourth-order valence-corrected chi connectivity index (χ4v) is 2.03. The van der Waals surface area contributed by atoms with Gasteiger partial charge >= 0.3 is 6.18 Å². The number of hydrogen-bond acceptors (Lipinski definition) is 2. The molecule has 1 fully saturated rings. The first-order valence-electron chi connectivity index (χ1n) is 4.56. The van der Waals surface area contributed by atoms with Crippen LogP contribution in [0.2, 0.25) is 0 Å². The van der Waals surface area contributed by atoms with Crippen LogP contribution in [0.1, 0.15) is 25.7 Å². The summed E-state index contributed by atoms with van der Waals surface area (Å²) in [5.41, 5.74) is 2.34. The molecular formula is C8H15F3N2. The van der Waals surface area contributed by atoms with Crippen molar-refractivity contribution in [3.63, 3.8) is 0 Å². The summed E-state index contributed by atoms with van der Waals surface area (Å²) in [4.78, 5) is 0. The zero-order chi connectivity index (χ0) is 9.90.